The second kappa shape index (κ2) is 6.86. The fourth-order valence-corrected chi connectivity index (χ4v) is 4.35. The predicted molar refractivity (Wildman–Crippen MR) is 79.1 cm³/mol. The van der Waals surface area contributed by atoms with Gasteiger partial charge in [0.15, 0.2) is 0 Å². The molecule has 0 amide bonds. The first-order valence-electron chi connectivity index (χ1n) is 8.46. The third-order valence-corrected chi connectivity index (χ3v) is 5.62. The zero-order valence-corrected chi connectivity index (χ0v) is 13.1. The van der Waals surface area contributed by atoms with Crippen LogP contribution in [0.2, 0.25) is 0 Å². The Labute approximate surface area is 126 Å². The first kappa shape index (κ1) is 17.1. The van der Waals surface area contributed by atoms with Gasteiger partial charge in [-0.05, 0) is 51.5 Å². The highest BCUT2D eigenvalue weighted by Gasteiger charge is 2.48. The largest absolute Gasteiger partial charge is 0.391 e. The molecule has 0 bridgehead atoms. The zero-order valence-electron chi connectivity index (χ0n) is 13.1. The molecule has 1 heterocycles. The lowest BCUT2D eigenvalue weighted by molar-refractivity contribution is -0.189. The van der Waals surface area contributed by atoms with Gasteiger partial charge in [-0.2, -0.15) is 13.2 Å². The van der Waals surface area contributed by atoms with E-state index in [0.29, 0.717) is 25.4 Å². The van der Waals surface area contributed by atoms with Gasteiger partial charge in [0.05, 0.1) is 5.92 Å². The van der Waals surface area contributed by atoms with Gasteiger partial charge in [0.25, 0.3) is 0 Å². The van der Waals surface area contributed by atoms with Crippen molar-refractivity contribution in [3.63, 3.8) is 0 Å². The third kappa shape index (κ3) is 3.73. The van der Waals surface area contributed by atoms with Gasteiger partial charge >= 0.3 is 6.18 Å². The normalized spacial score (nSPS) is 35.9. The first-order valence-corrected chi connectivity index (χ1v) is 8.46. The van der Waals surface area contributed by atoms with Crippen LogP contribution in [0.25, 0.3) is 0 Å². The maximum absolute atomic E-state index is 12.9. The summed E-state index contributed by atoms with van der Waals surface area (Å²) in [5.41, 5.74) is 5.88. The van der Waals surface area contributed by atoms with Crippen LogP contribution in [0.3, 0.4) is 0 Å². The summed E-state index contributed by atoms with van der Waals surface area (Å²) in [7, 11) is 0. The van der Waals surface area contributed by atoms with Gasteiger partial charge < -0.3 is 5.73 Å². The number of rotatable bonds is 4. The van der Waals surface area contributed by atoms with Gasteiger partial charge in [-0.15, -0.1) is 0 Å². The van der Waals surface area contributed by atoms with E-state index in [1.807, 2.05) is 0 Å². The molecule has 0 aromatic rings. The Bertz CT molecular complexity index is 320. The van der Waals surface area contributed by atoms with E-state index >= 15 is 0 Å². The van der Waals surface area contributed by atoms with Crippen molar-refractivity contribution in [3.05, 3.63) is 0 Å². The molecule has 1 saturated heterocycles. The number of alkyl halides is 3. The van der Waals surface area contributed by atoms with E-state index in [4.69, 9.17) is 5.73 Å². The fraction of sp³-hybridized carbons (Fsp3) is 1.00. The van der Waals surface area contributed by atoms with E-state index in [1.165, 1.54) is 12.8 Å². The molecule has 21 heavy (non-hydrogen) atoms. The Hall–Kier alpha value is -0.290. The Kier molecular flexibility index (Phi) is 5.58. The average molecular weight is 306 g/mol. The minimum absolute atomic E-state index is 0.179. The SMILES string of the molecule is CCCC1CCCCN1C1(CN)CCC(C(F)(F)F)CC1. The Balaban J connectivity index is 2.07. The van der Waals surface area contributed by atoms with E-state index in [1.54, 1.807) is 0 Å². The van der Waals surface area contributed by atoms with Crippen LogP contribution in [-0.2, 0) is 0 Å². The smallest absolute Gasteiger partial charge is 0.329 e. The summed E-state index contributed by atoms with van der Waals surface area (Å²) in [5.74, 6) is -1.12. The number of hydrogen-bond donors (Lipinski definition) is 1. The topological polar surface area (TPSA) is 29.3 Å². The molecule has 1 atom stereocenters. The summed E-state index contributed by atoms with van der Waals surface area (Å²) in [6, 6.07) is 0.523. The van der Waals surface area contributed by atoms with Crippen LogP contribution in [0.15, 0.2) is 0 Å². The van der Waals surface area contributed by atoms with Crippen molar-refractivity contribution >= 4 is 0 Å². The highest BCUT2D eigenvalue weighted by molar-refractivity contribution is 5.00. The molecule has 124 valence electrons. The third-order valence-electron chi connectivity index (χ3n) is 5.62. The van der Waals surface area contributed by atoms with Crippen molar-refractivity contribution in [2.45, 2.75) is 82.5 Å². The second-order valence-corrected chi connectivity index (χ2v) is 6.88. The summed E-state index contributed by atoms with van der Waals surface area (Å²) < 4.78 is 38.7. The molecule has 1 unspecified atom stereocenters. The molecule has 5 heteroatoms. The van der Waals surface area contributed by atoms with Crippen LogP contribution in [0.1, 0.15) is 64.7 Å². The van der Waals surface area contributed by atoms with Gasteiger partial charge in [-0.3, -0.25) is 4.90 Å². The second-order valence-electron chi connectivity index (χ2n) is 6.88. The molecule has 2 rings (SSSR count). The number of nitrogens with two attached hydrogens (primary N) is 1. The van der Waals surface area contributed by atoms with Crippen LogP contribution in [0, 0.1) is 5.92 Å². The molecule has 2 fully saturated rings. The summed E-state index contributed by atoms with van der Waals surface area (Å²) >= 11 is 0. The highest BCUT2D eigenvalue weighted by atomic mass is 19.4. The maximum Gasteiger partial charge on any atom is 0.391 e. The van der Waals surface area contributed by atoms with Crippen molar-refractivity contribution in [2.24, 2.45) is 11.7 Å². The van der Waals surface area contributed by atoms with E-state index in [2.05, 4.69) is 11.8 Å². The van der Waals surface area contributed by atoms with Crippen molar-refractivity contribution in [1.82, 2.24) is 4.90 Å². The molecule has 0 aromatic heterocycles. The summed E-state index contributed by atoms with van der Waals surface area (Å²) in [6.45, 7) is 3.69. The van der Waals surface area contributed by atoms with Gasteiger partial charge in [0, 0.05) is 18.1 Å². The van der Waals surface area contributed by atoms with Crippen molar-refractivity contribution in [2.75, 3.05) is 13.1 Å². The minimum atomic E-state index is -4.04. The lowest BCUT2D eigenvalue weighted by Gasteiger charge is -2.52. The lowest BCUT2D eigenvalue weighted by atomic mass is 9.73. The molecule has 2 nitrogen and oxygen atoms in total. The number of hydrogen-bond acceptors (Lipinski definition) is 2. The predicted octanol–water partition coefficient (Wildman–Crippen LogP) is 4.09. The lowest BCUT2D eigenvalue weighted by Crippen LogP contribution is -2.61. The van der Waals surface area contributed by atoms with Gasteiger partial charge in [0.1, 0.15) is 0 Å². The van der Waals surface area contributed by atoms with Crippen LogP contribution in [-0.4, -0.2) is 35.7 Å². The maximum atomic E-state index is 12.9. The van der Waals surface area contributed by atoms with E-state index in [0.717, 1.165) is 25.8 Å². The Morgan fingerprint density at radius 1 is 1.14 bits per heavy atom. The quantitative estimate of drug-likeness (QED) is 0.847. The number of halogens is 3. The molecule has 0 spiro atoms. The zero-order chi connectivity index (χ0) is 15.5. The molecule has 0 radical (unpaired) electrons. The Morgan fingerprint density at radius 3 is 2.33 bits per heavy atom. The summed E-state index contributed by atoms with van der Waals surface area (Å²) in [6.07, 6.45) is 3.52. The summed E-state index contributed by atoms with van der Waals surface area (Å²) in [5, 5.41) is 0. The van der Waals surface area contributed by atoms with Gasteiger partial charge in [-0.25, -0.2) is 0 Å². The Morgan fingerprint density at radius 2 is 1.81 bits per heavy atom. The van der Waals surface area contributed by atoms with Crippen molar-refractivity contribution in [3.8, 4) is 0 Å². The number of piperidine rings is 1. The van der Waals surface area contributed by atoms with Gasteiger partial charge in [-0.1, -0.05) is 19.8 Å². The molecule has 1 saturated carbocycles. The standard InChI is InChI=1S/C16H29F3N2/c1-2-5-14-6-3-4-11-21(14)15(12-20)9-7-13(8-10-15)16(17,18)19/h13-14H,2-12,20H2,1H3. The first-order chi connectivity index (χ1) is 9.93. The van der Waals surface area contributed by atoms with Crippen LogP contribution in [0.4, 0.5) is 13.2 Å². The van der Waals surface area contributed by atoms with Crippen molar-refractivity contribution in [1.29, 1.82) is 0 Å². The molecule has 0 aromatic carbocycles. The number of likely N-dealkylation sites (tertiary alicyclic amines) is 1. The monoisotopic (exact) mass is 306 g/mol. The molecule has 2 N–H and O–H groups in total. The van der Waals surface area contributed by atoms with E-state index < -0.39 is 12.1 Å². The van der Waals surface area contributed by atoms with E-state index in [9.17, 15) is 13.2 Å². The minimum Gasteiger partial charge on any atom is -0.329 e. The number of nitrogens with zero attached hydrogens (tertiary/aromatic N) is 1. The van der Waals surface area contributed by atoms with Crippen LogP contribution >= 0.6 is 0 Å². The molecular formula is C16H29F3N2. The van der Waals surface area contributed by atoms with Gasteiger partial charge in [0.2, 0.25) is 0 Å². The summed E-state index contributed by atoms with van der Waals surface area (Å²) in [4.78, 5) is 2.49. The molecule has 1 aliphatic heterocycles. The highest BCUT2D eigenvalue weighted by Crippen LogP contribution is 2.45. The molecule has 1 aliphatic carbocycles. The van der Waals surface area contributed by atoms with Crippen LogP contribution < -0.4 is 5.73 Å². The molecular weight excluding hydrogens is 277 g/mol. The van der Waals surface area contributed by atoms with E-state index in [-0.39, 0.29) is 18.4 Å². The van der Waals surface area contributed by atoms with Crippen molar-refractivity contribution < 1.29 is 13.2 Å². The average Bonchev–Trinajstić information content (AvgIpc) is 2.47. The fourth-order valence-electron chi connectivity index (χ4n) is 4.35. The van der Waals surface area contributed by atoms with Crippen LogP contribution in [0.5, 0.6) is 0 Å². The molecule has 2 aliphatic rings.